The lowest BCUT2D eigenvalue weighted by molar-refractivity contribution is -0.132. The van der Waals surface area contributed by atoms with Crippen molar-refractivity contribution in [3.05, 3.63) is 87.6 Å². The van der Waals surface area contributed by atoms with Gasteiger partial charge in [-0.1, -0.05) is 30.3 Å². The molecule has 3 aromatic rings. The van der Waals surface area contributed by atoms with Crippen LogP contribution in [0.5, 0.6) is 11.5 Å². The summed E-state index contributed by atoms with van der Waals surface area (Å²) in [5, 5.41) is 5.02. The van der Waals surface area contributed by atoms with Crippen molar-refractivity contribution in [2.45, 2.75) is 33.7 Å². The molecule has 7 nitrogen and oxygen atoms in total. The molecule has 0 radical (unpaired) electrons. The summed E-state index contributed by atoms with van der Waals surface area (Å²) in [4.78, 5) is 31.3. The van der Waals surface area contributed by atoms with Gasteiger partial charge in [-0.15, -0.1) is 17.9 Å². The lowest BCUT2D eigenvalue weighted by Crippen LogP contribution is -2.45. The molecule has 0 saturated heterocycles. The molecule has 0 atom stereocenters. The molecule has 38 heavy (non-hydrogen) atoms. The fourth-order valence-electron chi connectivity index (χ4n) is 4.17. The van der Waals surface area contributed by atoms with Gasteiger partial charge in [-0.2, -0.15) is 0 Å². The van der Waals surface area contributed by atoms with Crippen LogP contribution >= 0.6 is 11.3 Å². The van der Waals surface area contributed by atoms with Crippen LogP contribution in [-0.2, 0) is 17.8 Å². The zero-order valence-electron chi connectivity index (χ0n) is 22.9. The Bertz CT molecular complexity index is 1250. The summed E-state index contributed by atoms with van der Waals surface area (Å²) in [7, 11) is 3.21. The maximum atomic E-state index is 13.6. The minimum atomic E-state index is -0.331. The van der Waals surface area contributed by atoms with Crippen molar-refractivity contribution in [1.29, 1.82) is 0 Å². The van der Waals surface area contributed by atoms with Crippen molar-refractivity contribution >= 4 is 29.0 Å². The third-order valence-corrected chi connectivity index (χ3v) is 7.46. The van der Waals surface area contributed by atoms with E-state index in [0.29, 0.717) is 31.0 Å². The Morgan fingerprint density at radius 2 is 1.68 bits per heavy atom. The number of thiophene rings is 1. The number of nitrogens with one attached hydrogen (secondary N) is 1. The molecule has 0 fully saturated rings. The average molecular weight is 536 g/mol. The summed E-state index contributed by atoms with van der Waals surface area (Å²) in [6.45, 7) is 10.9. The van der Waals surface area contributed by atoms with E-state index in [4.69, 9.17) is 9.47 Å². The Morgan fingerprint density at radius 3 is 2.29 bits per heavy atom. The minimum absolute atomic E-state index is 0.0564. The summed E-state index contributed by atoms with van der Waals surface area (Å²) < 4.78 is 10.8. The first-order valence-corrected chi connectivity index (χ1v) is 13.4. The summed E-state index contributed by atoms with van der Waals surface area (Å²) >= 11 is 1.63. The van der Waals surface area contributed by atoms with Crippen molar-refractivity contribution in [3.8, 4) is 11.5 Å². The smallest absolute Gasteiger partial charge is 0.322 e. The summed E-state index contributed by atoms with van der Waals surface area (Å²) in [5.74, 6) is 1.18. The Kier molecular flexibility index (Phi) is 10.4. The number of urea groups is 1. The van der Waals surface area contributed by atoms with Gasteiger partial charge in [-0.3, -0.25) is 4.79 Å². The second kappa shape index (κ2) is 13.7. The highest BCUT2D eigenvalue weighted by Gasteiger charge is 2.23. The van der Waals surface area contributed by atoms with Gasteiger partial charge in [0.2, 0.25) is 5.91 Å². The largest absolute Gasteiger partial charge is 0.493 e. The predicted molar refractivity (Wildman–Crippen MR) is 154 cm³/mol. The van der Waals surface area contributed by atoms with Gasteiger partial charge in [-0.05, 0) is 73.0 Å². The molecule has 1 aromatic heterocycles. The number of hydrogen-bond acceptors (Lipinski definition) is 5. The number of para-hydroxylation sites is 1. The van der Waals surface area contributed by atoms with Gasteiger partial charge in [0, 0.05) is 23.7 Å². The zero-order valence-corrected chi connectivity index (χ0v) is 23.7. The lowest BCUT2D eigenvalue weighted by Gasteiger charge is -2.28. The van der Waals surface area contributed by atoms with Crippen LogP contribution in [0.25, 0.3) is 0 Å². The molecule has 3 amide bonds. The van der Waals surface area contributed by atoms with Crippen molar-refractivity contribution in [3.63, 3.8) is 0 Å². The minimum Gasteiger partial charge on any atom is -0.493 e. The first kappa shape index (κ1) is 28.8. The highest BCUT2D eigenvalue weighted by molar-refractivity contribution is 7.10. The third-order valence-electron chi connectivity index (χ3n) is 6.45. The number of benzene rings is 2. The SMILES string of the molecule is C=CCN(CC(=O)N(CCc1ccc(OC)c(OC)c1)Cc1sccc1C)C(=O)Nc1c(C)cccc1C. The molecule has 0 aliphatic rings. The number of aryl methyl sites for hydroxylation is 3. The molecule has 0 unspecified atom stereocenters. The van der Waals surface area contributed by atoms with Crippen LogP contribution in [0, 0.1) is 20.8 Å². The average Bonchev–Trinajstić information content (AvgIpc) is 3.31. The predicted octanol–water partition coefficient (Wildman–Crippen LogP) is 5.98. The number of anilines is 1. The van der Waals surface area contributed by atoms with Crippen molar-refractivity contribution in [2.24, 2.45) is 0 Å². The summed E-state index contributed by atoms with van der Waals surface area (Å²) in [5.41, 5.74) is 4.87. The molecule has 0 aliphatic carbocycles. The molecule has 1 N–H and O–H groups in total. The van der Waals surface area contributed by atoms with Gasteiger partial charge in [0.05, 0.1) is 20.8 Å². The Balaban J connectivity index is 1.78. The van der Waals surface area contributed by atoms with E-state index in [0.717, 1.165) is 32.8 Å². The van der Waals surface area contributed by atoms with Gasteiger partial charge in [0.1, 0.15) is 6.54 Å². The van der Waals surface area contributed by atoms with Gasteiger partial charge in [-0.25, -0.2) is 4.79 Å². The maximum absolute atomic E-state index is 13.6. The number of hydrogen-bond donors (Lipinski definition) is 1. The zero-order chi connectivity index (χ0) is 27.7. The van der Waals surface area contributed by atoms with Gasteiger partial charge in [0.15, 0.2) is 11.5 Å². The molecule has 3 rings (SSSR count). The van der Waals surface area contributed by atoms with Crippen LogP contribution in [0.2, 0.25) is 0 Å². The molecule has 202 valence electrons. The monoisotopic (exact) mass is 535 g/mol. The van der Waals surface area contributed by atoms with E-state index in [1.807, 2.05) is 67.4 Å². The molecule has 1 heterocycles. The normalized spacial score (nSPS) is 10.6. The number of rotatable bonds is 12. The first-order chi connectivity index (χ1) is 18.3. The van der Waals surface area contributed by atoms with E-state index >= 15 is 0 Å². The Hall–Kier alpha value is -3.78. The van der Waals surface area contributed by atoms with E-state index in [-0.39, 0.29) is 25.0 Å². The maximum Gasteiger partial charge on any atom is 0.322 e. The fraction of sp³-hybridized carbons (Fsp3) is 0.333. The van der Waals surface area contributed by atoms with E-state index in [2.05, 4.69) is 18.0 Å². The van der Waals surface area contributed by atoms with Crippen LogP contribution in [0.15, 0.2) is 60.5 Å². The summed E-state index contributed by atoms with van der Waals surface area (Å²) in [6, 6.07) is 13.3. The van der Waals surface area contributed by atoms with E-state index in [1.165, 1.54) is 4.90 Å². The van der Waals surface area contributed by atoms with Crippen molar-refractivity contribution < 1.29 is 19.1 Å². The Labute approximate surface area is 229 Å². The Morgan fingerprint density at radius 1 is 0.974 bits per heavy atom. The standard InChI is InChI=1S/C30H37N3O4S/c1-7-15-33(30(35)31-29-22(3)9-8-10-23(29)4)20-28(34)32(19-27-21(2)14-17-38-27)16-13-24-11-12-25(36-5)26(18-24)37-6/h7-12,14,17-18H,1,13,15-16,19-20H2,2-6H3,(H,31,35). The van der Waals surface area contributed by atoms with Crippen LogP contribution in [0.1, 0.15) is 27.1 Å². The number of carbonyl (C=O) groups is 2. The first-order valence-electron chi connectivity index (χ1n) is 12.5. The topological polar surface area (TPSA) is 71.1 Å². The molecule has 0 spiro atoms. The van der Waals surface area contributed by atoms with Gasteiger partial charge >= 0.3 is 6.03 Å². The molecular weight excluding hydrogens is 498 g/mol. The van der Waals surface area contributed by atoms with Crippen LogP contribution in [-0.4, -0.2) is 55.6 Å². The summed E-state index contributed by atoms with van der Waals surface area (Å²) in [6.07, 6.45) is 2.27. The van der Waals surface area contributed by atoms with E-state index in [9.17, 15) is 9.59 Å². The molecular formula is C30H37N3O4S. The molecule has 2 aromatic carbocycles. The second-order valence-corrected chi connectivity index (χ2v) is 10.1. The highest BCUT2D eigenvalue weighted by atomic mass is 32.1. The van der Waals surface area contributed by atoms with Gasteiger partial charge in [0.25, 0.3) is 0 Å². The second-order valence-electron chi connectivity index (χ2n) is 9.15. The quantitative estimate of drug-likeness (QED) is 0.290. The molecule has 0 saturated carbocycles. The number of amides is 3. The van der Waals surface area contributed by atoms with Crippen LogP contribution in [0.3, 0.4) is 0 Å². The molecule has 8 heteroatoms. The lowest BCUT2D eigenvalue weighted by atomic mass is 10.1. The number of carbonyl (C=O) groups excluding carboxylic acids is 2. The van der Waals surface area contributed by atoms with Crippen molar-refractivity contribution in [1.82, 2.24) is 9.80 Å². The number of nitrogens with zero attached hydrogens (tertiary/aromatic N) is 2. The molecule has 0 bridgehead atoms. The van der Waals surface area contributed by atoms with E-state index < -0.39 is 0 Å². The van der Waals surface area contributed by atoms with Crippen LogP contribution < -0.4 is 14.8 Å². The van der Waals surface area contributed by atoms with E-state index in [1.54, 1.807) is 31.6 Å². The molecule has 0 aliphatic heterocycles. The van der Waals surface area contributed by atoms with Crippen LogP contribution in [0.4, 0.5) is 10.5 Å². The fourth-order valence-corrected chi connectivity index (χ4v) is 5.09. The number of methoxy groups -OCH3 is 2. The van der Waals surface area contributed by atoms with Gasteiger partial charge < -0.3 is 24.6 Å². The highest BCUT2D eigenvalue weighted by Crippen LogP contribution is 2.28. The number of ether oxygens (including phenoxy) is 2. The third kappa shape index (κ3) is 7.38. The van der Waals surface area contributed by atoms with Crippen molar-refractivity contribution in [2.75, 3.05) is 39.2 Å².